The van der Waals surface area contributed by atoms with Crippen molar-refractivity contribution in [3.63, 3.8) is 0 Å². The molecule has 1 rings (SSSR count). The van der Waals surface area contributed by atoms with Crippen molar-refractivity contribution in [2.24, 2.45) is 0 Å². The van der Waals surface area contributed by atoms with Crippen molar-refractivity contribution in [2.75, 3.05) is 17.8 Å². The molecule has 64 valence electrons. The van der Waals surface area contributed by atoms with Gasteiger partial charge in [-0.2, -0.15) is 0 Å². The summed E-state index contributed by atoms with van der Waals surface area (Å²) in [6.45, 7) is 0. The monoisotopic (exact) mass is 171 g/mol. The Bertz CT molecular complexity index is 283. The Morgan fingerprint density at radius 3 is 2.33 bits per heavy atom. The Labute approximate surface area is 66.3 Å². The summed E-state index contributed by atoms with van der Waals surface area (Å²) in [5.41, 5.74) is 5.07. The van der Waals surface area contributed by atoms with Gasteiger partial charge in [0, 0.05) is 0 Å². The van der Waals surface area contributed by atoms with Crippen LogP contribution in [0.4, 0.5) is 11.9 Å². The van der Waals surface area contributed by atoms with Gasteiger partial charge in [0.05, 0.1) is 7.05 Å². The lowest BCUT2D eigenvalue weighted by molar-refractivity contribution is -0.491. The van der Waals surface area contributed by atoms with Crippen LogP contribution >= 0.6 is 0 Å². The van der Waals surface area contributed by atoms with Crippen LogP contribution in [0.2, 0.25) is 0 Å². The van der Waals surface area contributed by atoms with Crippen LogP contribution in [-0.2, 0) is 0 Å². The standard InChI is InChI=1S/C3H5N7O2/c1-9(10(11)12)3-7-5-2(4)6-8-3/h1H3,(H2,4,5,6). The molecule has 0 aliphatic carbocycles. The number of anilines is 2. The average Bonchev–Trinajstić information content (AvgIpc) is 2.04. The number of rotatable bonds is 2. The van der Waals surface area contributed by atoms with E-state index in [9.17, 15) is 10.1 Å². The van der Waals surface area contributed by atoms with E-state index >= 15 is 0 Å². The van der Waals surface area contributed by atoms with E-state index in [-0.39, 0.29) is 11.9 Å². The summed E-state index contributed by atoms with van der Waals surface area (Å²) in [4.78, 5) is 10.1. The number of hydrazine groups is 1. The van der Waals surface area contributed by atoms with Gasteiger partial charge in [0.25, 0.3) is 5.95 Å². The lowest BCUT2D eigenvalue weighted by Gasteiger charge is -2.02. The number of nitrogens with zero attached hydrogens (tertiary/aromatic N) is 6. The SMILES string of the molecule is CN(c1nnc(N)nn1)[N+](=O)[O-]. The molecule has 0 amide bonds. The first-order valence-electron chi connectivity index (χ1n) is 2.82. The number of hydrogen-bond donors (Lipinski definition) is 1. The summed E-state index contributed by atoms with van der Waals surface area (Å²) < 4.78 is 0. The highest BCUT2D eigenvalue weighted by Gasteiger charge is 2.14. The first-order chi connectivity index (χ1) is 5.61. The largest absolute Gasteiger partial charge is 0.365 e. The van der Waals surface area contributed by atoms with Gasteiger partial charge in [0.1, 0.15) is 0 Å². The van der Waals surface area contributed by atoms with Crippen LogP contribution in [0.3, 0.4) is 0 Å². The molecule has 0 fully saturated rings. The van der Waals surface area contributed by atoms with Gasteiger partial charge in [-0.3, -0.25) is 0 Å². The average molecular weight is 171 g/mol. The predicted molar refractivity (Wildman–Crippen MR) is 37.4 cm³/mol. The van der Waals surface area contributed by atoms with Crippen molar-refractivity contribution in [1.29, 1.82) is 0 Å². The molecule has 0 aromatic carbocycles. The van der Waals surface area contributed by atoms with Gasteiger partial charge in [-0.25, -0.2) is 10.1 Å². The Hall–Kier alpha value is -2.06. The zero-order valence-corrected chi connectivity index (χ0v) is 6.08. The second-order valence-electron chi connectivity index (χ2n) is 1.82. The maximum Gasteiger partial charge on any atom is 0.325 e. The second kappa shape index (κ2) is 2.90. The smallest absolute Gasteiger partial charge is 0.325 e. The third-order valence-electron chi connectivity index (χ3n) is 1.02. The number of aromatic nitrogens is 4. The highest BCUT2D eigenvalue weighted by molar-refractivity contribution is 5.20. The molecule has 1 heterocycles. The van der Waals surface area contributed by atoms with Gasteiger partial charge >= 0.3 is 5.95 Å². The third-order valence-corrected chi connectivity index (χ3v) is 1.02. The Morgan fingerprint density at radius 1 is 1.42 bits per heavy atom. The molecule has 9 heteroatoms. The van der Waals surface area contributed by atoms with E-state index in [0.717, 1.165) is 0 Å². The molecule has 0 spiro atoms. The molecular weight excluding hydrogens is 166 g/mol. The lowest BCUT2D eigenvalue weighted by atomic mass is 10.9. The van der Waals surface area contributed by atoms with E-state index < -0.39 is 5.03 Å². The fraction of sp³-hybridized carbons (Fsp3) is 0.333. The van der Waals surface area contributed by atoms with Gasteiger partial charge < -0.3 is 5.73 Å². The Kier molecular flexibility index (Phi) is 1.94. The molecule has 9 nitrogen and oxygen atoms in total. The van der Waals surface area contributed by atoms with Crippen molar-refractivity contribution in [3.8, 4) is 0 Å². The van der Waals surface area contributed by atoms with E-state index in [2.05, 4.69) is 20.4 Å². The van der Waals surface area contributed by atoms with Gasteiger partial charge in [0.2, 0.25) is 0 Å². The minimum absolute atomic E-state index is 0.129. The summed E-state index contributed by atoms with van der Waals surface area (Å²) in [7, 11) is 1.18. The van der Waals surface area contributed by atoms with Crippen molar-refractivity contribution < 1.29 is 5.03 Å². The minimum Gasteiger partial charge on any atom is -0.365 e. The summed E-state index contributed by atoms with van der Waals surface area (Å²) >= 11 is 0. The molecule has 0 atom stereocenters. The van der Waals surface area contributed by atoms with Crippen LogP contribution in [0.25, 0.3) is 0 Å². The summed E-state index contributed by atoms with van der Waals surface area (Å²) in [6.07, 6.45) is 0. The molecule has 0 aliphatic rings. The summed E-state index contributed by atoms with van der Waals surface area (Å²) in [5.74, 6) is -0.343. The number of nitro groups is 1. The van der Waals surface area contributed by atoms with Crippen molar-refractivity contribution in [1.82, 2.24) is 20.4 Å². The predicted octanol–water partition coefficient (Wildman–Crippen LogP) is -1.52. The van der Waals surface area contributed by atoms with Gasteiger partial charge in [-0.05, 0) is 0 Å². The van der Waals surface area contributed by atoms with Crippen molar-refractivity contribution >= 4 is 11.9 Å². The minimum atomic E-state index is -0.700. The molecule has 0 aliphatic heterocycles. The van der Waals surface area contributed by atoms with E-state index in [1.165, 1.54) is 7.05 Å². The quantitative estimate of drug-likeness (QED) is 0.420. The van der Waals surface area contributed by atoms with Crippen LogP contribution in [0, 0.1) is 10.1 Å². The summed E-state index contributed by atoms with van der Waals surface area (Å²) in [6, 6.07) is 0. The van der Waals surface area contributed by atoms with Crippen LogP contribution < -0.4 is 10.7 Å². The van der Waals surface area contributed by atoms with E-state index in [1.807, 2.05) is 0 Å². The highest BCUT2D eigenvalue weighted by atomic mass is 16.7. The zero-order valence-electron chi connectivity index (χ0n) is 6.08. The summed E-state index contributed by atoms with van der Waals surface area (Å²) in [5, 5.41) is 23.3. The number of nitrogen functional groups attached to an aromatic ring is 1. The third kappa shape index (κ3) is 1.51. The maximum atomic E-state index is 10.1. The van der Waals surface area contributed by atoms with Crippen LogP contribution in [0.15, 0.2) is 0 Å². The molecule has 1 aromatic heterocycles. The highest BCUT2D eigenvalue weighted by Crippen LogP contribution is 1.99. The van der Waals surface area contributed by atoms with Crippen LogP contribution in [0.5, 0.6) is 0 Å². The maximum absolute atomic E-state index is 10.1. The molecule has 1 aromatic rings. The molecule has 0 saturated heterocycles. The number of hydrogen-bond acceptors (Lipinski definition) is 7. The number of nitrogens with two attached hydrogens (primary N) is 1. The fourth-order valence-electron chi connectivity index (χ4n) is 0.434. The molecule has 0 radical (unpaired) electrons. The Balaban J connectivity index is 2.89. The van der Waals surface area contributed by atoms with Gasteiger partial charge in [-0.1, -0.05) is 5.01 Å². The fourth-order valence-corrected chi connectivity index (χ4v) is 0.434. The lowest BCUT2D eigenvalue weighted by Crippen LogP contribution is -2.27. The van der Waals surface area contributed by atoms with E-state index in [1.54, 1.807) is 0 Å². The first-order valence-corrected chi connectivity index (χ1v) is 2.82. The Morgan fingerprint density at radius 2 is 1.92 bits per heavy atom. The normalized spacial score (nSPS) is 9.42. The van der Waals surface area contributed by atoms with Crippen molar-refractivity contribution in [2.45, 2.75) is 0 Å². The molecule has 0 saturated carbocycles. The molecule has 2 N–H and O–H groups in total. The van der Waals surface area contributed by atoms with E-state index in [4.69, 9.17) is 5.73 Å². The topological polar surface area (TPSA) is 124 Å². The van der Waals surface area contributed by atoms with Gasteiger partial charge in [-0.15, -0.1) is 20.4 Å². The second-order valence-corrected chi connectivity index (χ2v) is 1.82. The van der Waals surface area contributed by atoms with Crippen LogP contribution in [0.1, 0.15) is 0 Å². The molecule has 0 bridgehead atoms. The molecular formula is C3H5N7O2. The molecule has 0 unspecified atom stereocenters. The van der Waals surface area contributed by atoms with Gasteiger partial charge in [0.15, 0.2) is 5.03 Å². The van der Waals surface area contributed by atoms with Crippen LogP contribution in [-0.4, -0.2) is 32.5 Å². The first kappa shape index (κ1) is 8.04. The zero-order chi connectivity index (χ0) is 9.14. The van der Waals surface area contributed by atoms with Crippen molar-refractivity contribution in [3.05, 3.63) is 10.1 Å². The van der Waals surface area contributed by atoms with E-state index in [0.29, 0.717) is 5.01 Å². The molecule has 12 heavy (non-hydrogen) atoms.